The lowest BCUT2D eigenvalue weighted by atomic mass is 9.94. The predicted octanol–water partition coefficient (Wildman–Crippen LogP) is 3.94. The number of carboxylic acids is 1. The quantitative estimate of drug-likeness (QED) is 0.734. The van der Waals surface area contributed by atoms with Crippen LogP contribution < -0.4 is 0 Å². The van der Waals surface area contributed by atoms with Crippen LogP contribution in [0.15, 0.2) is 54.6 Å². The molecule has 0 aliphatic rings. The first kappa shape index (κ1) is 17.5. The monoisotopic (exact) mass is 375 g/mol. The summed E-state index contributed by atoms with van der Waals surface area (Å²) >= 11 is 11.0. The Morgan fingerprint density at radius 3 is 2.44 bits per heavy atom. The summed E-state index contributed by atoms with van der Waals surface area (Å²) in [5.74, 6) is -1.56. The number of hydrogen-bond donors (Lipinski definition) is 1. The first-order chi connectivity index (χ1) is 11.9. The van der Waals surface area contributed by atoms with Gasteiger partial charge in [0.2, 0.25) is 5.02 Å². The predicted molar refractivity (Wildman–Crippen MR) is 94.4 cm³/mol. The second-order valence-corrected chi connectivity index (χ2v) is 6.74. The number of aryl methyl sites for hydroxylation is 1. The van der Waals surface area contributed by atoms with Crippen molar-refractivity contribution in [2.75, 3.05) is 0 Å². The van der Waals surface area contributed by atoms with Gasteiger partial charge in [-0.25, -0.2) is 4.68 Å². The van der Waals surface area contributed by atoms with E-state index in [-0.39, 0.29) is 0 Å². The van der Waals surface area contributed by atoms with E-state index in [1.54, 1.807) is 28.9 Å². The van der Waals surface area contributed by atoms with Gasteiger partial charge in [0.1, 0.15) is 0 Å². The highest BCUT2D eigenvalue weighted by atomic mass is 35.5. The number of halogens is 2. The van der Waals surface area contributed by atoms with Crippen LogP contribution in [0, 0.1) is 18.5 Å². The molecule has 0 amide bonds. The number of rotatable bonds is 5. The zero-order valence-electron chi connectivity index (χ0n) is 13.5. The third-order valence-electron chi connectivity index (χ3n) is 4.00. The SMILES string of the molecule is Cc1cc(CC(C(=O)O)c2ccc(Cl)cc2)nn1-c1ccc([ClH+])cc1. The molecule has 0 spiro atoms. The standard InChI is InChI=1S/C19H16Cl2N2O2/c1-12-10-16(22-23(12)17-8-6-15(21)7-9-17)11-18(19(24)25)13-2-4-14(20)5-3-13/h2-10,18,21H,11H2,1H3/p+1. The highest BCUT2D eigenvalue weighted by molar-refractivity contribution is 6.30. The molecule has 0 aliphatic heterocycles. The Labute approximate surface area is 155 Å². The van der Waals surface area contributed by atoms with Crippen molar-refractivity contribution in [1.29, 1.82) is 0 Å². The van der Waals surface area contributed by atoms with Gasteiger partial charge in [0.15, 0.2) is 11.6 Å². The van der Waals surface area contributed by atoms with Crippen molar-refractivity contribution >= 4 is 17.6 Å². The first-order valence-electron chi connectivity index (χ1n) is 7.75. The van der Waals surface area contributed by atoms with Gasteiger partial charge in [-0.3, -0.25) is 4.79 Å². The fourth-order valence-electron chi connectivity index (χ4n) is 2.74. The molecule has 4 nitrogen and oxygen atoms in total. The molecule has 0 radical (unpaired) electrons. The number of benzene rings is 2. The van der Waals surface area contributed by atoms with Crippen LogP contribution in [0.5, 0.6) is 0 Å². The van der Waals surface area contributed by atoms with Gasteiger partial charge in [-0.15, -0.1) is 0 Å². The second kappa shape index (κ2) is 7.30. The van der Waals surface area contributed by atoms with Gasteiger partial charge in [-0.05, 0) is 42.8 Å². The minimum absolute atomic E-state index is 0.309. The highest BCUT2D eigenvalue weighted by Gasteiger charge is 2.22. The van der Waals surface area contributed by atoms with Crippen LogP contribution in [0.3, 0.4) is 0 Å². The Balaban J connectivity index is 1.88. The molecule has 1 aromatic heterocycles. The van der Waals surface area contributed by atoms with E-state index in [4.69, 9.17) is 23.2 Å². The average molecular weight is 376 g/mol. The van der Waals surface area contributed by atoms with Crippen LogP contribution in [0.25, 0.3) is 5.69 Å². The second-order valence-electron chi connectivity index (χ2n) is 5.83. The lowest BCUT2D eigenvalue weighted by Gasteiger charge is -2.11. The van der Waals surface area contributed by atoms with E-state index in [0.717, 1.165) is 22.1 Å². The number of aliphatic carboxylic acids is 1. The normalized spacial score (nSPS) is 12.1. The Morgan fingerprint density at radius 2 is 1.84 bits per heavy atom. The summed E-state index contributed by atoms with van der Waals surface area (Å²) in [5, 5.41) is 15.5. The van der Waals surface area contributed by atoms with Gasteiger partial charge in [0.05, 0.1) is 17.3 Å². The molecule has 0 saturated heterocycles. The van der Waals surface area contributed by atoms with Gasteiger partial charge in [-0.2, -0.15) is 5.10 Å². The largest absolute Gasteiger partial charge is 0.481 e. The number of hydrogen-bond acceptors (Lipinski definition) is 2. The summed E-state index contributed by atoms with van der Waals surface area (Å²) in [4.78, 5) is 11.7. The Morgan fingerprint density at radius 1 is 1.20 bits per heavy atom. The van der Waals surface area contributed by atoms with E-state index in [9.17, 15) is 9.90 Å². The third-order valence-corrected chi connectivity index (χ3v) is 4.53. The molecule has 1 heterocycles. The molecule has 1 N–H and O–H groups in total. The fourth-order valence-corrected chi connectivity index (χ4v) is 3.00. The molecule has 0 aliphatic carbocycles. The maximum absolute atomic E-state index is 11.7. The van der Waals surface area contributed by atoms with Crippen molar-refractivity contribution in [3.05, 3.63) is 81.6 Å². The van der Waals surface area contributed by atoms with Gasteiger partial charge < -0.3 is 5.11 Å². The molecule has 3 aromatic rings. The molecule has 0 fully saturated rings. The van der Waals surface area contributed by atoms with Crippen molar-refractivity contribution < 1.29 is 21.5 Å². The van der Waals surface area contributed by atoms with Gasteiger partial charge in [-0.1, -0.05) is 23.7 Å². The van der Waals surface area contributed by atoms with E-state index in [1.807, 2.05) is 37.3 Å². The molecule has 0 saturated carbocycles. The lowest BCUT2D eigenvalue weighted by Crippen LogP contribution is -2.15. The van der Waals surface area contributed by atoms with Crippen molar-refractivity contribution in [3.8, 4) is 5.69 Å². The minimum atomic E-state index is -0.884. The fraction of sp³-hybridized carbons (Fsp3) is 0.158. The molecule has 1 unspecified atom stereocenters. The number of carboxylic acid groups (broad SMARTS) is 1. The zero-order chi connectivity index (χ0) is 18.0. The van der Waals surface area contributed by atoms with Crippen LogP contribution in [-0.2, 0) is 11.2 Å². The van der Waals surface area contributed by atoms with Crippen molar-refractivity contribution in [3.63, 3.8) is 0 Å². The highest BCUT2D eigenvalue weighted by Crippen LogP contribution is 2.24. The summed E-state index contributed by atoms with van der Waals surface area (Å²) in [6.07, 6.45) is 0.309. The van der Waals surface area contributed by atoms with Crippen LogP contribution in [-0.4, -0.2) is 20.9 Å². The minimum Gasteiger partial charge on any atom is -0.481 e. The van der Waals surface area contributed by atoms with E-state index in [1.165, 1.54) is 0 Å². The molecule has 2 aromatic carbocycles. The van der Waals surface area contributed by atoms with Crippen LogP contribution >= 0.6 is 11.6 Å². The Kier molecular flexibility index (Phi) is 5.11. The zero-order valence-corrected chi connectivity index (χ0v) is 15.1. The van der Waals surface area contributed by atoms with E-state index < -0.39 is 11.9 Å². The molecule has 1 atom stereocenters. The Hall–Kier alpha value is -2.30. The molecule has 128 valence electrons. The van der Waals surface area contributed by atoms with E-state index in [0.29, 0.717) is 17.0 Å². The third kappa shape index (κ3) is 4.03. The molecule has 0 bridgehead atoms. The van der Waals surface area contributed by atoms with Gasteiger partial charge in [0.25, 0.3) is 0 Å². The molecule has 3 rings (SSSR count). The number of aromatic nitrogens is 2. The van der Waals surface area contributed by atoms with Crippen LogP contribution in [0.2, 0.25) is 10.0 Å². The van der Waals surface area contributed by atoms with Gasteiger partial charge >= 0.3 is 5.97 Å². The number of nitrogens with zero attached hydrogens (tertiary/aromatic N) is 2. The molecular weight excluding hydrogens is 359 g/mol. The average Bonchev–Trinajstić information content (AvgIpc) is 2.95. The van der Waals surface area contributed by atoms with E-state index in [2.05, 4.69) is 5.10 Å². The lowest BCUT2D eigenvalue weighted by molar-refractivity contribution is -0.288. The molecular formula is C19H17Cl2N2O2+. The summed E-state index contributed by atoms with van der Waals surface area (Å²) in [6, 6.07) is 16.3. The van der Waals surface area contributed by atoms with Crippen LogP contribution in [0.1, 0.15) is 22.9 Å². The maximum atomic E-state index is 11.7. The summed E-state index contributed by atoms with van der Waals surface area (Å²) in [6.45, 7) is 1.94. The topological polar surface area (TPSA) is 55.1 Å². The number of carbonyl (C=O) groups is 1. The first-order valence-corrected chi connectivity index (χ1v) is 8.54. The van der Waals surface area contributed by atoms with Crippen molar-refractivity contribution in [2.45, 2.75) is 19.3 Å². The Bertz CT molecular complexity index is 887. The smallest absolute Gasteiger partial charge is 0.311 e. The van der Waals surface area contributed by atoms with Crippen LogP contribution in [0.4, 0.5) is 0 Å². The van der Waals surface area contributed by atoms with E-state index >= 15 is 0 Å². The molecule has 6 heteroatoms. The summed E-state index contributed by atoms with van der Waals surface area (Å²) in [7, 11) is 0. The van der Waals surface area contributed by atoms with Crippen molar-refractivity contribution in [2.24, 2.45) is 0 Å². The molecule has 25 heavy (non-hydrogen) atoms. The van der Waals surface area contributed by atoms with Gasteiger partial charge in [0, 0.05) is 29.3 Å². The summed E-state index contributed by atoms with van der Waals surface area (Å²) in [5.41, 5.74) is 3.27. The maximum Gasteiger partial charge on any atom is 0.311 e. The summed E-state index contributed by atoms with van der Waals surface area (Å²) < 4.78 is 1.80. The van der Waals surface area contributed by atoms with Crippen molar-refractivity contribution in [1.82, 2.24) is 9.78 Å².